The Morgan fingerprint density at radius 3 is 2.37 bits per heavy atom. The number of ether oxygens (including phenoxy) is 1. The molecule has 1 unspecified atom stereocenters. The highest BCUT2D eigenvalue weighted by Gasteiger charge is 2.33. The molecule has 0 radical (unpaired) electrons. The van der Waals surface area contributed by atoms with Gasteiger partial charge in [-0.3, -0.25) is 13.9 Å². The molecule has 0 saturated heterocycles. The summed E-state index contributed by atoms with van der Waals surface area (Å²) in [4.78, 5) is 28.8. The molecular weight excluding hydrogens is 562 g/mol. The second-order valence-corrected chi connectivity index (χ2v) is 12.6. The summed E-state index contributed by atoms with van der Waals surface area (Å²) in [6.07, 6.45) is 3.90. The van der Waals surface area contributed by atoms with Crippen molar-refractivity contribution in [2.75, 3.05) is 18.0 Å². The molecule has 10 heteroatoms. The molecule has 41 heavy (non-hydrogen) atoms. The van der Waals surface area contributed by atoms with Gasteiger partial charge >= 0.3 is 0 Å². The Hall–Kier alpha value is -3.56. The number of carbonyl (C=O) groups is 2. The van der Waals surface area contributed by atoms with E-state index in [9.17, 15) is 18.0 Å². The molecule has 1 saturated carbocycles. The van der Waals surface area contributed by atoms with Gasteiger partial charge in [-0.15, -0.1) is 0 Å². The van der Waals surface area contributed by atoms with Crippen molar-refractivity contribution in [1.29, 1.82) is 0 Å². The number of hydrogen-bond acceptors (Lipinski definition) is 5. The summed E-state index contributed by atoms with van der Waals surface area (Å²) in [5.74, 6) is -0.389. The zero-order chi connectivity index (χ0) is 29.6. The Bertz CT molecular complexity index is 1470. The van der Waals surface area contributed by atoms with Crippen LogP contribution in [0.2, 0.25) is 5.02 Å². The molecule has 0 aromatic heterocycles. The van der Waals surface area contributed by atoms with Gasteiger partial charge in [0.2, 0.25) is 11.8 Å². The number of amides is 2. The van der Waals surface area contributed by atoms with Gasteiger partial charge in [0.05, 0.1) is 17.7 Å². The number of nitrogens with one attached hydrogen (secondary N) is 1. The van der Waals surface area contributed by atoms with Gasteiger partial charge in [-0.05, 0) is 62.6 Å². The monoisotopic (exact) mass is 597 g/mol. The number of nitrogens with zero attached hydrogens (tertiary/aromatic N) is 2. The average Bonchev–Trinajstić information content (AvgIpc) is 3.48. The van der Waals surface area contributed by atoms with E-state index >= 15 is 0 Å². The quantitative estimate of drug-likeness (QED) is 0.322. The van der Waals surface area contributed by atoms with Crippen molar-refractivity contribution in [2.45, 2.75) is 63.1 Å². The Morgan fingerprint density at radius 2 is 1.71 bits per heavy atom. The van der Waals surface area contributed by atoms with Gasteiger partial charge in [0, 0.05) is 23.7 Å². The first-order chi connectivity index (χ1) is 19.6. The van der Waals surface area contributed by atoms with E-state index < -0.39 is 28.5 Å². The zero-order valence-electron chi connectivity index (χ0n) is 23.5. The molecule has 8 nitrogen and oxygen atoms in total. The molecule has 2 amide bonds. The third-order valence-corrected chi connectivity index (χ3v) is 9.55. The third kappa shape index (κ3) is 7.40. The lowest BCUT2D eigenvalue weighted by atomic mass is 10.1. The third-order valence-electron chi connectivity index (χ3n) is 7.40. The van der Waals surface area contributed by atoms with Crippen molar-refractivity contribution in [3.63, 3.8) is 0 Å². The first-order valence-corrected chi connectivity index (χ1v) is 15.5. The summed E-state index contributed by atoms with van der Waals surface area (Å²) >= 11 is 6.44. The van der Waals surface area contributed by atoms with Crippen molar-refractivity contribution >= 4 is 39.1 Å². The predicted octanol–water partition coefficient (Wildman–Crippen LogP) is 5.33. The maximum absolute atomic E-state index is 14.1. The Kier molecular flexibility index (Phi) is 9.94. The van der Waals surface area contributed by atoms with Crippen LogP contribution in [-0.4, -0.2) is 50.9 Å². The Labute approximate surface area is 247 Å². The minimum absolute atomic E-state index is 0.0360. The summed E-state index contributed by atoms with van der Waals surface area (Å²) in [5.41, 5.74) is 1.82. The zero-order valence-corrected chi connectivity index (χ0v) is 25.1. The van der Waals surface area contributed by atoms with Crippen LogP contribution in [0, 0.1) is 6.92 Å². The van der Waals surface area contributed by atoms with Crippen molar-refractivity contribution in [2.24, 2.45) is 0 Å². The van der Waals surface area contributed by atoms with Crippen molar-refractivity contribution in [3.8, 4) is 5.75 Å². The van der Waals surface area contributed by atoms with Crippen LogP contribution in [-0.2, 0) is 26.2 Å². The van der Waals surface area contributed by atoms with Gasteiger partial charge in [-0.25, -0.2) is 8.42 Å². The fraction of sp³-hybridized carbons (Fsp3) is 0.355. The second kappa shape index (κ2) is 13.4. The molecule has 4 rings (SSSR count). The van der Waals surface area contributed by atoms with Gasteiger partial charge in [-0.1, -0.05) is 66.4 Å². The number of carbonyl (C=O) groups excluding carboxylic acids is 2. The summed E-state index contributed by atoms with van der Waals surface area (Å²) in [5, 5.41) is 3.51. The molecule has 0 heterocycles. The van der Waals surface area contributed by atoms with Gasteiger partial charge in [0.15, 0.2) is 0 Å². The van der Waals surface area contributed by atoms with Crippen LogP contribution in [0.3, 0.4) is 0 Å². The smallest absolute Gasteiger partial charge is 0.264 e. The standard InChI is InChI=1S/C31H36ClN3O5S/c1-22-15-17-28(18-16-22)41(38,39)35(26-12-8-13-27(19-26)40-3)21-30(36)34(20-24-9-4-7-14-29(24)32)23(2)31(37)33-25-10-5-6-11-25/h4,7-9,12-19,23,25H,5-6,10-11,20-21H2,1-3H3,(H,33,37). The largest absolute Gasteiger partial charge is 0.497 e. The summed E-state index contributed by atoms with van der Waals surface area (Å²) in [7, 11) is -2.68. The van der Waals surface area contributed by atoms with Crippen molar-refractivity contribution in [3.05, 3.63) is 88.9 Å². The first-order valence-electron chi connectivity index (χ1n) is 13.7. The van der Waals surface area contributed by atoms with E-state index in [1.165, 1.54) is 24.1 Å². The van der Waals surface area contributed by atoms with Crippen LogP contribution in [0.5, 0.6) is 5.75 Å². The SMILES string of the molecule is COc1cccc(N(CC(=O)N(Cc2ccccc2Cl)C(C)C(=O)NC2CCCC2)S(=O)(=O)c2ccc(C)cc2)c1. The number of halogens is 1. The van der Waals surface area contributed by atoms with E-state index in [2.05, 4.69) is 5.32 Å². The number of aryl methyl sites for hydroxylation is 1. The van der Waals surface area contributed by atoms with Gasteiger partial charge in [0.1, 0.15) is 18.3 Å². The highest BCUT2D eigenvalue weighted by Crippen LogP contribution is 2.28. The van der Waals surface area contributed by atoms with Crippen LogP contribution < -0.4 is 14.4 Å². The molecule has 1 aliphatic rings. The molecule has 0 aliphatic heterocycles. The minimum Gasteiger partial charge on any atom is -0.497 e. The first kappa shape index (κ1) is 30.4. The second-order valence-electron chi connectivity index (χ2n) is 10.3. The number of rotatable bonds is 11. The van der Waals surface area contributed by atoms with Gasteiger partial charge in [-0.2, -0.15) is 0 Å². The summed E-state index contributed by atoms with van der Waals surface area (Å²) in [6.45, 7) is 3.02. The van der Waals surface area contributed by atoms with Crippen LogP contribution in [0.4, 0.5) is 5.69 Å². The van der Waals surface area contributed by atoms with E-state index in [0.29, 0.717) is 16.3 Å². The van der Waals surface area contributed by atoms with Gasteiger partial charge < -0.3 is 15.0 Å². The fourth-order valence-electron chi connectivity index (χ4n) is 4.92. The molecule has 218 valence electrons. The fourth-order valence-corrected chi connectivity index (χ4v) is 6.52. The van der Waals surface area contributed by atoms with Crippen LogP contribution in [0.25, 0.3) is 0 Å². The van der Waals surface area contributed by atoms with Crippen molar-refractivity contribution in [1.82, 2.24) is 10.2 Å². The maximum Gasteiger partial charge on any atom is 0.264 e. The highest BCUT2D eigenvalue weighted by atomic mass is 35.5. The lowest BCUT2D eigenvalue weighted by Crippen LogP contribution is -2.52. The molecule has 1 N–H and O–H groups in total. The van der Waals surface area contributed by atoms with Gasteiger partial charge in [0.25, 0.3) is 10.0 Å². The normalized spacial score (nSPS) is 14.3. The highest BCUT2D eigenvalue weighted by molar-refractivity contribution is 7.92. The molecule has 3 aromatic rings. The molecular formula is C31H36ClN3O5S. The number of sulfonamides is 1. The molecule has 0 spiro atoms. The van der Waals surface area contributed by atoms with Crippen LogP contribution in [0.15, 0.2) is 77.7 Å². The van der Waals surface area contributed by atoms with E-state index in [1.54, 1.807) is 67.6 Å². The summed E-state index contributed by atoms with van der Waals surface area (Å²) in [6, 6.07) is 19.3. The molecule has 0 bridgehead atoms. The van der Waals surface area contributed by atoms with Crippen LogP contribution in [0.1, 0.15) is 43.7 Å². The van der Waals surface area contributed by atoms with Crippen molar-refractivity contribution < 1.29 is 22.7 Å². The van der Waals surface area contributed by atoms with E-state index in [-0.39, 0.29) is 29.1 Å². The lowest BCUT2D eigenvalue weighted by Gasteiger charge is -2.32. The number of anilines is 1. The maximum atomic E-state index is 14.1. The Morgan fingerprint density at radius 1 is 1.02 bits per heavy atom. The summed E-state index contributed by atoms with van der Waals surface area (Å²) < 4.78 is 34.3. The Balaban J connectivity index is 1.71. The molecule has 1 fully saturated rings. The van der Waals surface area contributed by atoms with E-state index in [4.69, 9.17) is 16.3 Å². The number of benzene rings is 3. The van der Waals surface area contributed by atoms with E-state index in [0.717, 1.165) is 35.6 Å². The topological polar surface area (TPSA) is 96.0 Å². The molecule has 1 aliphatic carbocycles. The predicted molar refractivity (Wildman–Crippen MR) is 161 cm³/mol. The van der Waals surface area contributed by atoms with E-state index in [1.807, 2.05) is 6.92 Å². The minimum atomic E-state index is -4.17. The average molecular weight is 598 g/mol. The molecule has 1 atom stereocenters. The number of methoxy groups -OCH3 is 1. The van der Waals surface area contributed by atoms with Crippen LogP contribution >= 0.6 is 11.6 Å². The molecule has 3 aromatic carbocycles. The number of hydrogen-bond donors (Lipinski definition) is 1. The lowest BCUT2D eigenvalue weighted by molar-refractivity contribution is -0.139.